The van der Waals surface area contributed by atoms with Gasteiger partial charge < -0.3 is 9.47 Å². The fraction of sp³-hybridized carbons (Fsp3) is 0.474. The van der Waals surface area contributed by atoms with Crippen molar-refractivity contribution in [2.45, 2.75) is 37.0 Å². The minimum absolute atomic E-state index is 0.0885. The number of alkyl halides is 3. The number of benzene rings is 1. The van der Waals surface area contributed by atoms with E-state index in [2.05, 4.69) is 0 Å². The molecule has 1 aromatic heterocycles. The molecule has 28 heavy (non-hydrogen) atoms. The fourth-order valence-electron chi connectivity index (χ4n) is 3.00. The lowest BCUT2D eigenvalue weighted by Gasteiger charge is -2.22. The molecule has 2 heterocycles. The Bertz CT molecular complexity index is 847. The van der Waals surface area contributed by atoms with Gasteiger partial charge in [-0.05, 0) is 42.9 Å². The Morgan fingerprint density at radius 3 is 2.54 bits per heavy atom. The average Bonchev–Trinajstić information content (AvgIpc) is 2.67. The first-order chi connectivity index (χ1) is 13.4. The second-order valence-corrected chi connectivity index (χ2v) is 7.59. The van der Waals surface area contributed by atoms with Gasteiger partial charge in [0.25, 0.3) is 5.56 Å². The monoisotopic (exact) mass is 414 g/mol. The van der Waals surface area contributed by atoms with Crippen LogP contribution < -0.4 is 10.3 Å². The van der Waals surface area contributed by atoms with Gasteiger partial charge in [0.15, 0.2) is 11.8 Å². The Hall–Kier alpha value is -2.00. The van der Waals surface area contributed by atoms with Crippen molar-refractivity contribution in [3.8, 4) is 11.4 Å². The molecule has 1 aromatic carbocycles. The SMILES string of the molecule is CCSc1nc(C2CCOCC2)cc(=O)n1-c1ccc(OCC(F)(F)F)cc1. The van der Waals surface area contributed by atoms with Gasteiger partial charge in [0.2, 0.25) is 0 Å². The van der Waals surface area contributed by atoms with E-state index < -0.39 is 12.8 Å². The molecule has 0 bridgehead atoms. The van der Waals surface area contributed by atoms with Crippen molar-refractivity contribution in [3.63, 3.8) is 0 Å². The average molecular weight is 414 g/mol. The first kappa shape index (κ1) is 20.7. The van der Waals surface area contributed by atoms with Gasteiger partial charge in [0, 0.05) is 25.2 Å². The maximum atomic E-state index is 12.8. The molecule has 0 aliphatic carbocycles. The predicted molar refractivity (Wildman–Crippen MR) is 101 cm³/mol. The zero-order valence-corrected chi connectivity index (χ0v) is 16.2. The van der Waals surface area contributed by atoms with E-state index >= 15 is 0 Å². The number of rotatable bonds is 6. The highest BCUT2D eigenvalue weighted by Crippen LogP contribution is 2.28. The number of halogens is 3. The van der Waals surface area contributed by atoms with Gasteiger partial charge in [-0.25, -0.2) is 4.98 Å². The van der Waals surface area contributed by atoms with Crippen LogP contribution in [0.5, 0.6) is 5.75 Å². The van der Waals surface area contributed by atoms with Crippen LogP contribution in [0.15, 0.2) is 40.3 Å². The number of ether oxygens (including phenoxy) is 2. The van der Waals surface area contributed by atoms with Crippen molar-refractivity contribution in [2.75, 3.05) is 25.6 Å². The van der Waals surface area contributed by atoms with Gasteiger partial charge in [-0.15, -0.1) is 0 Å². The molecule has 0 atom stereocenters. The molecule has 1 saturated heterocycles. The number of nitrogens with zero attached hydrogens (tertiary/aromatic N) is 2. The normalized spacial score (nSPS) is 15.6. The van der Waals surface area contributed by atoms with Crippen LogP contribution in [0.3, 0.4) is 0 Å². The standard InChI is InChI=1S/C19H21F3N2O3S/c1-2-28-18-23-16(13-7-9-26-10-8-13)11-17(25)24(18)14-3-5-15(6-4-14)27-12-19(20,21)22/h3-6,11,13H,2,7-10,12H2,1H3. The molecular formula is C19H21F3N2O3S. The van der Waals surface area contributed by atoms with Crippen molar-refractivity contribution in [3.05, 3.63) is 46.4 Å². The Balaban J connectivity index is 1.88. The molecule has 3 rings (SSSR count). The lowest BCUT2D eigenvalue weighted by atomic mass is 9.96. The number of hydrogen-bond acceptors (Lipinski definition) is 5. The molecule has 0 unspecified atom stereocenters. The highest BCUT2D eigenvalue weighted by Gasteiger charge is 2.28. The summed E-state index contributed by atoms with van der Waals surface area (Å²) in [5.74, 6) is 1.02. The van der Waals surface area contributed by atoms with Crippen LogP contribution in [0.4, 0.5) is 13.2 Å². The second-order valence-electron chi connectivity index (χ2n) is 6.35. The third-order valence-corrected chi connectivity index (χ3v) is 5.14. The Labute approximate surface area is 164 Å². The van der Waals surface area contributed by atoms with E-state index in [4.69, 9.17) is 14.5 Å². The maximum absolute atomic E-state index is 12.8. The van der Waals surface area contributed by atoms with Gasteiger partial charge >= 0.3 is 6.18 Å². The molecule has 0 spiro atoms. The van der Waals surface area contributed by atoms with E-state index in [1.807, 2.05) is 6.92 Å². The summed E-state index contributed by atoms with van der Waals surface area (Å²) in [5.41, 5.74) is 1.09. The van der Waals surface area contributed by atoms with Crippen molar-refractivity contribution < 1.29 is 22.6 Å². The van der Waals surface area contributed by atoms with E-state index in [1.54, 1.807) is 18.2 Å². The molecule has 0 amide bonds. The topological polar surface area (TPSA) is 53.3 Å². The minimum Gasteiger partial charge on any atom is -0.484 e. The molecule has 9 heteroatoms. The molecule has 0 radical (unpaired) electrons. The smallest absolute Gasteiger partial charge is 0.422 e. The number of hydrogen-bond donors (Lipinski definition) is 0. The quantitative estimate of drug-likeness (QED) is 0.524. The Kier molecular flexibility index (Phi) is 6.66. The third-order valence-electron chi connectivity index (χ3n) is 4.32. The van der Waals surface area contributed by atoms with E-state index in [0.717, 1.165) is 24.3 Å². The highest BCUT2D eigenvalue weighted by molar-refractivity contribution is 7.99. The molecule has 1 aliphatic rings. The van der Waals surface area contributed by atoms with Gasteiger partial charge in [0.1, 0.15) is 5.75 Å². The molecule has 5 nitrogen and oxygen atoms in total. The van der Waals surface area contributed by atoms with Crippen LogP contribution in [-0.2, 0) is 4.74 Å². The summed E-state index contributed by atoms with van der Waals surface area (Å²) in [7, 11) is 0. The third kappa shape index (κ3) is 5.29. The van der Waals surface area contributed by atoms with Gasteiger partial charge in [0.05, 0.1) is 11.4 Å². The molecule has 1 fully saturated rings. The van der Waals surface area contributed by atoms with Crippen LogP contribution >= 0.6 is 11.8 Å². The zero-order valence-electron chi connectivity index (χ0n) is 15.4. The summed E-state index contributed by atoms with van der Waals surface area (Å²) in [6.45, 7) is 1.93. The van der Waals surface area contributed by atoms with Crippen LogP contribution in [0.2, 0.25) is 0 Å². The van der Waals surface area contributed by atoms with E-state index in [0.29, 0.717) is 24.1 Å². The molecule has 1 aliphatic heterocycles. The minimum atomic E-state index is -4.40. The van der Waals surface area contributed by atoms with Crippen molar-refractivity contribution in [1.29, 1.82) is 0 Å². The van der Waals surface area contributed by atoms with Crippen molar-refractivity contribution in [1.82, 2.24) is 9.55 Å². The van der Waals surface area contributed by atoms with Crippen molar-refractivity contribution >= 4 is 11.8 Å². The van der Waals surface area contributed by atoms with Crippen LogP contribution in [0, 0.1) is 0 Å². The first-order valence-electron chi connectivity index (χ1n) is 9.02. The zero-order chi connectivity index (χ0) is 20.1. The van der Waals surface area contributed by atoms with Crippen LogP contribution in [0.25, 0.3) is 5.69 Å². The predicted octanol–water partition coefficient (Wildman–Crippen LogP) is 4.18. The Morgan fingerprint density at radius 2 is 1.93 bits per heavy atom. The van der Waals surface area contributed by atoms with Crippen molar-refractivity contribution in [2.24, 2.45) is 0 Å². The van der Waals surface area contributed by atoms with E-state index in [9.17, 15) is 18.0 Å². The lowest BCUT2D eigenvalue weighted by Crippen LogP contribution is -2.24. The molecule has 2 aromatic rings. The number of thioether (sulfide) groups is 1. The molecule has 0 saturated carbocycles. The summed E-state index contributed by atoms with van der Waals surface area (Å²) < 4.78 is 48.4. The lowest BCUT2D eigenvalue weighted by molar-refractivity contribution is -0.153. The summed E-state index contributed by atoms with van der Waals surface area (Å²) in [4.78, 5) is 17.5. The highest BCUT2D eigenvalue weighted by atomic mass is 32.2. The summed E-state index contributed by atoms with van der Waals surface area (Å²) >= 11 is 1.45. The summed E-state index contributed by atoms with van der Waals surface area (Å²) in [6, 6.07) is 7.50. The van der Waals surface area contributed by atoms with Gasteiger partial charge in [-0.1, -0.05) is 18.7 Å². The van der Waals surface area contributed by atoms with Crippen LogP contribution in [0.1, 0.15) is 31.4 Å². The first-order valence-corrected chi connectivity index (χ1v) is 10.0. The summed E-state index contributed by atoms with van der Waals surface area (Å²) in [5, 5.41) is 0.570. The van der Waals surface area contributed by atoms with Gasteiger partial charge in [-0.2, -0.15) is 13.2 Å². The van der Waals surface area contributed by atoms with E-state index in [-0.39, 0.29) is 17.2 Å². The number of aromatic nitrogens is 2. The molecule has 0 N–H and O–H groups in total. The molecular weight excluding hydrogens is 393 g/mol. The van der Waals surface area contributed by atoms with Crippen LogP contribution in [-0.4, -0.2) is 41.3 Å². The fourth-order valence-corrected chi connectivity index (χ4v) is 3.75. The van der Waals surface area contributed by atoms with Gasteiger partial charge in [-0.3, -0.25) is 9.36 Å². The second kappa shape index (κ2) is 9.00. The largest absolute Gasteiger partial charge is 0.484 e. The summed E-state index contributed by atoms with van der Waals surface area (Å²) in [6.07, 6.45) is -2.74. The maximum Gasteiger partial charge on any atom is 0.422 e. The Morgan fingerprint density at radius 1 is 1.25 bits per heavy atom. The molecule has 152 valence electrons. The van der Waals surface area contributed by atoms with E-state index in [1.165, 1.54) is 28.5 Å².